The normalized spacial score (nSPS) is 20.0. The number of nitrogens with zero attached hydrogens (tertiary/aromatic N) is 3. The number of anilines is 1. The van der Waals surface area contributed by atoms with Gasteiger partial charge in [-0.15, -0.1) is 0 Å². The number of nitrogens with two attached hydrogens (primary N) is 1. The summed E-state index contributed by atoms with van der Waals surface area (Å²) in [5.74, 6) is 0.755. The molecule has 23 heavy (non-hydrogen) atoms. The Morgan fingerprint density at radius 2 is 2.22 bits per heavy atom. The number of oxime groups is 1. The van der Waals surface area contributed by atoms with Gasteiger partial charge in [0.25, 0.3) is 0 Å². The predicted molar refractivity (Wildman–Crippen MR) is 93.6 cm³/mol. The van der Waals surface area contributed by atoms with Gasteiger partial charge in [-0.05, 0) is 47.8 Å². The molecular formula is C15H17BrN6O. The molecule has 1 saturated carbocycles. The second kappa shape index (κ2) is 6.11. The lowest BCUT2D eigenvalue weighted by molar-refractivity contribution is 0.319. The first-order chi connectivity index (χ1) is 11.0. The van der Waals surface area contributed by atoms with E-state index >= 15 is 0 Å². The van der Waals surface area contributed by atoms with E-state index in [0.717, 1.165) is 21.6 Å². The van der Waals surface area contributed by atoms with Crippen LogP contribution in [0.2, 0.25) is 0 Å². The SMILES string of the molecule is CC1=N/C(=N/O)C(=N)C(N)=C1Cc1ccc(Br)c(NC2CC2)n1. The van der Waals surface area contributed by atoms with Crippen LogP contribution in [0.25, 0.3) is 0 Å². The van der Waals surface area contributed by atoms with Gasteiger partial charge in [-0.2, -0.15) is 0 Å². The summed E-state index contributed by atoms with van der Waals surface area (Å²) >= 11 is 3.50. The van der Waals surface area contributed by atoms with Crippen LogP contribution in [0.3, 0.4) is 0 Å². The predicted octanol–water partition coefficient (Wildman–Crippen LogP) is 2.46. The molecule has 0 atom stereocenters. The minimum absolute atomic E-state index is 0.0661. The van der Waals surface area contributed by atoms with Gasteiger partial charge in [-0.3, -0.25) is 5.41 Å². The summed E-state index contributed by atoms with van der Waals surface area (Å²) in [5, 5.41) is 23.1. The zero-order valence-electron chi connectivity index (χ0n) is 12.6. The maximum atomic E-state index is 8.87. The summed E-state index contributed by atoms with van der Waals surface area (Å²) < 4.78 is 0.923. The van der Waals surface area contributed by atoms with Crippen LogP contribution in [0, 0.1) is 5.41 Å². The third-order valence-corrected chi connectivity index (χ3v) is 4.44. The van der Waals surface area contributed by atoms with Crippen LogP contribution in [0.4, 0.5) is 5.82 Å². The summed E-state index contributed by atoms with van der Waals surface area (Å²) in [6, 6.07) is 4.37. The second-order valence-corrected chi connectivity index (χ2v) is 6.47. The van der Waals surface area contributed by atoms with Crippen molar-refractivity contribution in [2.75, 3.05) is 5.32 Å². The number of dihydropyridines is 1. The first-order valence-corrected chi connectivity index (χ1v) is 8.06. The third-order valence-electron chi connectivity index (χ3n) is 3.80. The van der Waals surface area contributed by atoms with Crippen LogP contribution in [-0.4, -0.2) is 33.5 Å². The van der Waals surface area contributed by atoms with Gasteiger partial charge in [-0.25, -0.2) is 9.98 Å². The van der Waals surface area contributed by atoms with E-state index in [-0.39, 0.29) is 17.2 Å². The molecule has 1 aromatic rings. The number of hydrogen-bond acceptors (Lipinski definition) is 6. The van der Waals surface area contributed by atoms with E-state index in [4.69, 9.17) is 16.4 Å². The van der Waals surface area contributed by atoms with Crippen molar-refractivity contribution < 1.29 is 5.21 Å². The molecular weight excluding hydrogens is 360 g/mol. The summed E-state index contributed by atoms with van der Waals surface area (Å²) in [7, 11) is 0. The third kappa shape index (κ3) is 3.26. The summed E-state index contributed by atoms with van der Waals surface area (Å²) in [4.78, 5) is 8.74. The van der Waals surface area contributed by atoms with Crippen LogP contribution < -0.4 is 11.1 Å². The highest BCUT2D eigenvalue weighted by Gasteiger charge is 2.24. The fraction of sp³-hybridized carbons (Fsp3) is 0.333. The lowest BCUT2D eigenvalue weighted by Crippen LogP contribution is -2.29. The molecule has 120 valence electrons. The number of halogens is 1. The smallest absolute Gasteiger partial charge is 0.218 e. The van der Waals surface area contributed by atoms with Crippen molar-refractivity contribution >= 4 is 39.0 Å². The molecule has 1 aliphatic heterocycles. The zero-order chi connectivity index (χ0) is 16.6. The molecule has 2 aliphatic rings. The fourth-order valence-corrected chi connectivity index (χ4v) is 2.66. The molecule has 0 radical (unpaired) electrons. The Hall–Kier alpha value is -2.22. The van der Waals surface area contributed by atoms with Crippen LogP contribution >= 0.6 is 15.9 Å². The van der Waals surface area contributed by atoms with E-state index < -0.39 is 0 Å². The number of rotatable bonds is 4. The fourth-order valence-electron chi connectivity index (χ4n) is 2.33. The minimum Gasteiger partial charge on any atom is -0.409 e. The topological polar surface area (TPSA) is 120 Å². The monoisotopic (exact) mass is 376 g/mol. The molecule has 8 heteroatoms. The Kier molecular flexibility index (Phi) is 4.16. The Labute approximate surface area is 142 Å². The molecule has 0 saturated heterocycles. The van der Waals surface area contributed by atoms with Crippen LogP contribution in [0.15, 0.2) is 38.0 Å². The lowest BCUT2D eigenvalue weighted by atomic mass is 9.97. The van der Waals surface area contributed by atoms with E-state index in [0.29, 0.717) is 18.2 Å². The van der Waals surface area contributed by atoms with Crippen molar-refractivity contribution in [3.8, 4) is 0 Å². The van der Waals surface area contributed by atoms with Gasteiger partial charge in [0, 0.05) is 29.4 Å². The molecule has 7 nitrogen and oxygen atoms in total. The molecule has 2 heterocycles. The molecule has 0 unspecified atom stereocenters. The van der Waals surface area contributed by atoms with Gasteiger partial charge in [0.2, 0.25) is 5.84 Å². The minimum atomic E-state index is -0.0680. The lowest BCUT2D eigenvalue weighted by Gasteiger charge is -2.17. The highest BCUT2D eigenvalue weighted by Crippen LogP contribution is 2.29. The number of aromatic nitrogens is 1. The molecule has 1 fully saturated rings. The van der Waals surface area contributed by atoms with Crippen molar-refractivity contribution in [3.05, 3.63) is 33.6 Å². The van der Waals surface area contributed by atoms with Crippen molar-refractivity contribution in [3.63, 3.8) is 0 Å². The number of nitrogens with one attached hydrogen (secondary N) is 2. The highest BCUT2D eigenvalue weighted by molar-refractivity contribution is 9.10. The van der Waals surface area contributed by atoms with Gasteiger partial charge in [0.1, 0.15) is 11.5 Å². The average molecular weight is 377 g/mol. The van der Waals surface area contributed by atoms with E-state index in [9.17, 15) is 0 Å². The quantitative estimate of drug-likeness (QED) is 0.476. The molecule has 0 aromatic carbocycles. The maximum absolute atomic E-state index is 8.87. The largest absolute Gasteiger partial charge is 0.409 e. The first-order valence-electron chi connectivity index (χ1n) is 7.27. The van der Waals surface area contributed by atoms with Gasteiger partial charge in [-0.1, -0.05) is 5.16 Å². The van der Waals surface area contributed by atoms with E-state index in [1.165, 1.54) is 12.8 Å². The molecule has 5 N–H and O–H groups in total. The highest BCUT2D eigenvalue weighted by atomic mass is 79.9. The van der Waals surface area contributed by atoms with Crippen molar-refractivity contribution in [2.45, 2.75) is 32.2 Å². The second-order valence-electron chi connectivity index (χ2n) is 5.62. The van der Waals surface area contributed by atoms with Crippen LogP contribution in [0.5, 0.6) is 0 Å². The van der Waals surface area contributed by atoms with Crippen molar-refractivity contribution in [1.29, 1.82) is 5.41 Å². The number of aliphatic imine (C=N–C) groups is 1. The maximum Gasteiger partial charge on any atom is 0.218 e. The molecule has 1 aromatic heterocycles. The molecule has 0 spiro atoms. The van der Waals surface area contributed by atoms with Crippen molar-refractivity contribution in [2.24, 2.45) is 15.9 Å². The molecule has 3 rings (SSSR count). The van der Waals surface area contributed by atoms with Gasteiger partial charge >= 0.3 is 0 Å². The first kappa shape index (κ1) is 15.7. The number of hydrogen-bond donors (Lipinski definition) is 4. The zero-order valence-corrected chi connectivity index (χ0v) is 14.2. The molecule has 0 bridgehead atoms. The Morgan fingerprint density at radius 1 is 1.48 bits per heavy atom. The number of allylic oxidation sites excluding steroid dienone is 1. The van der Waals surface area contributed by atoms with Gasteiger partial charge < -0.3 is 16.3 Å². The summed E-state index contributed by atoms with van der Waals surface area (Å²) in [5.41, 5.74) is 8.41. The van der Waals surface area contributed by atoms with E-state index in [1.807, 2.05) is 12.1 Å². The number of amidine groups is 1. The van der Waals surface area contributed by atoms with Gasteiger partial charge in [0.15, 0.2) is 0 Å². The Bertz CT molecular complexity index is 763. The number of pyridine rings is 1. The summed E-state index contributed by atoms with van der Waals surface area (Å²) in [6.07, 6.45) is 2.81. The van der Waals surface area contributed by atoms with Gasteiger partial charge in [0.05, 0.1) is 10.2 Å². The molecule has 0 amide bonds. The standard InChI is InChI=1S/C15H17BrN6O/c1-7-10(12(17)13(18)15(19-7)22-23)6-9-4-5-11(16)14(21-9)20-8-2-3-8/h4-5,8,18,23H,2-3,6,17H2,1H3,(H,20,21)/b18-13?,22-15+. The van der Waals surface area contributed by atoms with Crippen LogP contribution in [-0.2, 0) is 6.42 Å². The summed E-state index contributed by atoms with van der Waals surface area (Å²) in [6.45, 7) is 1.78. The van der Waals surface area contributed by atoms with Crippen molar-refractivity contribution in [1.82, 2.24) is 4.98 Å². The Balaban J connectivity index is 1.88. The molecule has 1 aliphatic carbocycles. The van der Waals surface area contributed by atoms with E-state index in [2.05, 4.69) is 36.4 Å². The van der Waals surface area contributed by atoms with E-state index in [1.54, 1.807) is 6.92 Å². The Morgan fingerprint density at radius 3 is 2.87 bits per heavy atom. The van der Waals surface area contributed by atoms with Crippen LogP contribution in [0.1, 0.15) is 25.5 Å². The average Bonchev–Trinajstić information content (AvgIpc) is 3.34.